The molecule has 1 spiro atoms. The van der Waals surface area contributed by atoms with Crippen molar-refractivity contribution in [2.45, 2.75) is 47.3 Å². The van der Waals surface area contributed by atoms with E-state index >= 15 is 0 Å². The van der Waals surface area contributed by atoms with E-state index < -0.39 is 13.8 Å². The second-order valence-electron chi connectivity index (χ2n) is 8.47. The maximum atomic E-state index is 10.4. The van der Waals surface area contributed by atoms with Crippen molar-refractivity contribution in [1.29, 1.82) is 5.26 Å². The zero-order chi connectivity index (χ0) is 26.1. The summed E-state index contributed by atoms with van der Waals surface area (Å²) < 4.78 is 24.0. The number of aldehydes is 1. The van der Waals surface area contributed by atoms with E-state index in [2.05, 4.69) is 20.2 Å². The van der Waals surface area contributed by atoms with Gasteiger partial charge in [-0.05, 0) is 22.7 Å². The molecule has 5 rings (SSSR count). The predicted molar refractivity (Wildman–Crippen MR) is 136 cm³/mol. The summed E-state index contributed by atoms with van der Waals surface area (Å²) in [4.78, 5) is 10.4. The molecule has 3 aliphatic heterocycles. The molecule has 1 N–H and O–H groups in total. The van der Waals surface area contributed by atoms with E-state index in [1.165, 1.54) is 0 Å². The van der Waals surface area contributed by atoms with Gasteiger partial charge in [-0.15, -0.1) is 0 Å². The molecule has 9 heteroatoms. The summed E-state index contributed by atoms with van der Waals surface area (Å²) in [5, 5.41) is 18.3. The molecule has 0 aromatic heterocycles. The fourth-order valence-corrected chi connectivity index (χ4v) is 4.54. The van der Waals surface area contributed by atoms with Crippen LogP contribution in [0.25, 0.3) is 0 Å². The van der Waals surface area contributed by atoms with E-state index in [1.54, 1.807) is 25.1 Å². The molecular formula is C25H36B2N2O5. The average molecular weight is 467 g/mol. The first kappa shape index (κ1) is 26.1. The Morgan fingerprint density at radius 1 is 1.15 bits per heavy atom. The van der Waals surface area contributed by atoms with Crippen molar-refractivity contribution in [1.82, 2.24) is 0 Å². The lowest BCUT2D eigenvalue weighted by atomic mass is 9.58. The van der Waals surface area contributed by atoms with Gasteiger partial charge in [0.25, 0.3) is 0 Å². The summed E-state index contributed by atoms with van der Waals surface area (Å²) in [6, 6.07) is 13.1. The molecule has 1 fully saturated rings. The molecule has 0 amide bonds. The number of hydrogen-bond donors (Lipinski definition) is 1. The number of nitrogens with zero attached hydrogens (tertiary/aromatic N) is 2. The van der Waals surface area contributed by atoms with Crippen molar-refractivity contribution in [3.8, 4) is 6.07 Å². The van der Waals surface area contributed by atoms with E-state index in [9.17, 15) is 9.82 Å². The molecule has 34 heavy (non-hydrogen) atoms. The molecule has 2 aromatic carbocycles. The highest BCUT2D eigenvalue weighted by Crippen LogP contribution is 2.31. The molecule has 7 nitrogen and oxygen atoms in total. The lowest BCUT2D eigenvalue weighted by molar-refractivity contribution is -0.812. The normalized spacial score (nSPS) is 21.2. The lowest BCUT2D eigenvalue weighted by Gasteiger charge is -2.55. The highest BCUT2D eigenvalue weighted by Gasteiger charge is 2.53. The smallest absolute Gasteiger partial charge is 0.502 e. The van der Waals surface area contributed by atoms with Gasteiger partial charge in [0.05, 0.1) is 12.7 Å². The second-order valence-corrected chi connectivity index (χ2v) is 8.47. The summed E-state index contributed by atoms with van der Waals surface area (Å²) in [6.07, 6.45) is 1.80. The SMILES string of the molecule is CC.C[N+]1(C)CCCO[B-]12OCc1ccc(C#N)cc12.O=Cc1ccc2c(c1)B(O)OC2.[2H]CC. The Morgan fingerprint density at radius 3 is 2.50 bits per heavy atom. The van der Waals surface area contributed by atoms with Gasteiger partial charge < -0.3 is 23.4 Å². The van der Waals surface area contributed by atoms with Crippen LogP contribution in [0.15, 0.2) is 36.4 Å². The Balaban J connectivity index is 0.000000220. The molecule has 3 heterocycles. The quantitative estimate of drug-likeness (QED) is 0.513. The van der Waals surface area contributed by atoms with Crippen LogP contribution in [0.4, 0.5) is 0 Å². The monoisotopic (exact) mass is 467 g/mol. The molecule has 0 saturated carbocycles. The van der Waals surface area contributed by atoms with E-state index in [4.69, 9.17) is 20.6 Å². The largest absolute Gasteiger partial charge is 0.509 e. The van der Waals surface area contributed by atoms with Crippen molar-refractivity contribution in [2.75, 3.05) is 27.2 Å². The third kappa shape index (κ3) is 5.43. The Bertz CT molecular complexity index is 1040. The molecule has 3 aliphatic rings. The number of carbonyl (C=O) groups is 1. The Kier molecular flexibility index (Phi) is 9.45. The van der Waals surface area contributed by atoms with Crippen molar-refractivity contribution < 1.29 is 29.5 Å². The standard InChI is InChI=1S/C13H17BN2O2.C8H7BO3.2C2H6/c1-16(2)6-3-7-17-14(16)13-8-11(9-15)4-5-12(13)10-18-14;10-4-6-1-2-7-5-12-9(11)8(7)3-6;2*1-2/h4-5,8H,3,6-7,10H2,1-2H3;1-4,11H,5H2;2*1-2H3/i;;1D;. The van der Waals surface area contributed by atoms with Crippen molar-refractivity contribution in [2.24, 2.45) is 0 Å². The van der Waals surface area contributed by atoms with Gasteiger partial charge in [0, 0.05) is 52.8 Å². The van der Waals surface area contributed by atoms with E-state index in [1.807, 2.05) is 32.0 Å². The number of benzene rings is 2. The van der Waals surface area contributed by atoms with Crippen LogP contribution < -0.4 is 10.9 Å². The molecular weight excluding hydrogens is 430 g/mol. The highest BCUT2D eigenvalue weighted by atomic mass is 16.6. The minimum Gasteiger partial charge on any atom is -0.509 e. The van der Waals surface area contributed by atoms with Crippen LogP contribution in [0.3, 0.4) is 0 Å². The van der Waals surface area contributed by atoms with Gasteiger partial charge in [-0.25, -0.2) is 0 Å². The zero-order valence-electron chi connectivity index (χ0n) is 21.9. The highest BCUT2D eigenvalue weighted by molar-refractivity contribution is 6.76. The van der Waals surface area contributed by atoms with Gasteiger partial charge in [-0.3, -0.25) is 4.79 Å². The Morgan fingerprint density at radius 2 is 1.85 bits per heavy atom. The first-order chi connectivity index (χ1) is 16.8. The van der Waals surface area contributed by atoms with E-state index in [0.29, 0.717) is 41.1 Å². The number of quaternary nitrogens is 1. The van der Waals surface area contributed by atoms with Gasteiger partial charge in [0.15, 0.2) is 0 Å². The number of fused-ring (bicyclic) bond motifs is 3. The predicted octanol–water partition coefficient (Wildman–Crippen LogP) is 2.50. The van der Waals surface area contributed by atoms with Gasteiger partial charge in [-0.1, -0.05) is 63.5 Å². The van der Waals surface area contributed by atoms with Crippen LogP contribution in [0, 0.1) is 11.3 Å². The fourth-order valence-electron chi connectivity index (χ4n) is 4.54. The van der Waals surface area contributed by atoms with Gasteiger partial charge in [-0.2, -0.15) is 5.26 Å². The van der Waals surface area contributed by atoms with Gasteiger partial charge >= 0.3 is 13.8 Å². The summed E-state index contributed by atoms with van der Waals surface area (Å²) in [5.74, 6) is 0. The van der Waals surface area contributed by atoms with Crippen molar-refractivity contribution in [3.05, 3.63) is 58.7 Å². The third-order valence-corrected chi connectivity index (χ3v) is 6.24. The number of hydrogen-bond acceptors (Lipinski definition) is 6. The molecule has 0 aliphatic carbocycles. The van der Waals surface area contributed by atoms with Gasteiger partial charge in [0.2, 0.25) is 0 Å². The first-order valence-electron chi connectivity index (χ1n) is 12.5. The van der Waals surface area contributed by atoms with E-state index in [-0.39, 0.29) is 0 Å². The third-order valence-electron chi connectivity index (χ3n) is 6.24. The van der Waals surface area contributed by atoms with E-state index in [0.717, 1.165) is 42.4 Å². The summed E-state index contributed by atoms with van der Waals surface area (Å²) in [6.45, 7) is 7.59. The average Bonchev–Trinajstić information content (AvgIpc) is 3.44. The van der Waals surface area contributed by atoms with Crippen LogP contribution in [0.2, 0.25) is 0 Å². The maximum absolute atomic E-state index is 10.4. The Labute approximate surface area is 205 Å². The number of nitriles is 1. The molecule has 1 atom stereocenters. The Hall–Kier alpha value is -2.47. The van der Waals surface area contributed by atoms with Crippen LogP contribution in [0.5, 0.6) is 0 Å². The number of rotatable bonds is 1. The zero-order valence-corrected chi connectivity index (χ0v) is 20.9. The summed E-state index contributed by atoms with van der Waals surface area (Å²) in [5.41, 5.74) is 5.14. The van der Waals surface area contributed by atoms with Crippen LogP contribution >= 0.6 is 0 Å². The first-order valence-corrected chi connectivity index (χ1v) is 11.8. The van der Waals surface area contributed by atoms with Crippen LogP contribution in [-0.2, 0) is 27.2 Å². The number of carbonyl (C=O) groups excluding carboxylic acids is 1. The van der Waals surface area contributed by atoms with Gasteiger partial charge in [0.1, 0.15) is 6.29 Å². The minimum atomic E-state index is -1.49. The minimum absolute atomic E-state index is 0.426. The lowest BCUT2D eigenvalue weighted by Crippen LogP contribution is -2.74. The molecule has 1 saturated heterocycles. The fraction of sp³-hybridized carbons (Fsp3) is 0.440. The van der Waals surface area contributed by atoms with Crippen molar-refractivity contribution >= 4 is 31.0 Å². The van der Waals surface area contributed by atoms with Crippen LogP contribution in [0.1, 0.15) is 62.5 Å². The van der Waals surface area contributed by atoms with Crippen LogP contribution in [-0.4, -0.2) is 56.8 Å². The van der Waals surface area contributed by atoms with Crippen molar-refractivity contribution in [3.63, 3.8) is 0 Å². The summed E-state index contributed by atoms with van der Waals surface area (Å²) in [7, 11) is 3.43. The maximum Gasteiger partial charge on any atom is 0.502 e. The molecule has 182 valence electrons. The summed E-state index contributed by atoms with van der Waals surface area (Å²) >= 11 is 0. The molecule has 2 aromatic rings. The second kappa shape index (κ2) is 12.3. The topological polar surface area (TPSA) is 88.8 Å². The molecule has 1 unspecified atom stereocenters. The molecule has 0 bridgehead atoms. The molecule has 0 radical (unpaired) electrons.